The number of allylic oxidation sites excluding steroid dienone is 2. The maximum atomic E-state index is 16.1. The van der Waals surface area contributed by atoms with Gasteiger partial charge in [-0.05, 0) is 117 Å². The van der Waals surface area contributed by atoms with Gasteiger partial charge in [0.25, 0.3) is 0 Å². The second-order valence-electron chi connectivity index (χ2n) is 34.7. The van der Waals surface area contributed by atoms with Crippen molar-refractivity contribution in [3.8, 4) is 0 Å². The molecule has 638 valence electrons. The van der Waals surface area contributed by atoms with Gasteiger partial charge in [0.05, 0.1) is 49.0 Å². The molecule has 17 N–H and O–H groups in total. The maximum absolute atomic E-state index is 16.1. The Morgan fingerprint density at radius 3 is 1.61 bits per heavy atom. The van der Waals surface area contributed by atoms with E-state index >= 15 is 4.79 Å². The maximum Gasteiger partial charge on any atom is 0.335 e. The summed E-state index contributed by atoms with van der Waals surface area (Å²) < 4.78 is 96.5. The normalized spacial score (nSPS) is 52.2. The largest absolute Gasteiger partial charge is 0.479 e. The van der Waals surface area contributed by atoms with Crippen molar-refractivity contribution in [3.63, 3.8) is 0 Å². The molecule has 0 aromatic carbocycles. The van der Waals surface area contributed by atoms with Crippen LogP contribution in [0, 0.1) is 50.2 Å². The first-order valence-electron chi connectivity index (χ1n) is 38.7. The molecule has 0 amide bonds. The number of aliphatic carboxylic acids is 1. The van der Waals surface area contributed by atoms with Gasteiger partial charge in [0.15, 0.2) is 56.1 Å². The fraction of sp³-hybridized carbons (Fsp3) is 0.905. The Bertz CT molecular complexity index is 3350. The zero-order chi connectivity index (χ0) is 81.9. The summed E-state index contributed by atoms with van der Waals surface area (Å²) in [5, 5.41) is 188. The molecule has 42 atom stereocenters. The minimum Gasteiger partial charge on any atom is -0.479 e. The average molecular weight is 1610 g/mol. The van der Waals surface area contributed by atoms with Crippen molar-refractivity contribution >= 4 is 30.2 Å². The van der Waals surface area contributed by atoms with E-state index in [4.69, 9.17) is 75.8 Å². The monoisotopic (exact) mass is 1610 g/mol. The molecule has 112 heavy (non-hydrogen) atoms. The molecule has 0 unspecified atom stereocenters. The number of carbonyl (C=O) groups is 5. The molecule has 0 aromatic rings. The molecule has 11 fully saturated rings. The number of carboxylic acids is 1. The average Bonchev–Trinajstić information content (AvgIpc) is 0.673. The van der Waals surface area contributed by atoms with Gasteiger partial charge < -0.3 is 167 Å². The van der Waals surface area contributed by atoms with Gasteiger partial charge in [0.2, 0.25) is 6.29 Å². The molecule has 0 radical (unpaired) electrons. The summed E-state index contributed by atoms with van der Waals surface area (Å²) in [7, 11) is 0. The molecule has 7 heterocycles. The Labute approximate surface area is 645 Å². The van der Waals surface area contributed by atoms with Crippen LogP contribution in [0.1, 0.15) is 133 Å². The van der Waals surface area contributed by atoms with Gasteiger partial charge in [-0.3, -0.25) is 14.4 Å². The predicted octanol–water partition coefficient (Wildman–Crippen LogP) is -4.82. The van der Waals surface area contributed by atoms with Gasteiger partial charge >= 0.3 is 23.9 Å². The summed E-state index contributed by atoms with van der Waals surface area (Å²) in [5.74, 6) is -5.18. The van der Waals surface area contributed by atoms with E-state index in [0.717, 1.165) is 25.7 Å². The van der Waals surface area contributed by atoms with E-state index in [1.165, 1.54) is 13.8 Å². The summed E-state index contributed by atoms with van der Waals surface area (Å²) in [4.78, 5) is 68.0. The van der Waals surface area contributed by atoms with Crippen molar-refractivity contribution in [3.05, 3.63) is 11.6 Å². The molecule has 12 rings (SSSR count). The SMILES string of the molecule is CC(=O)OC[C@H]1O[C@@H](O[C@H]2[C@@H](O)[C@H](O[C@H]3[C@H](OC(=O)[C@]45CCC(C)(C)C[C@H]4C4=CC[C@@H]6[C@@]7(C)CC[C@H](O[C@@H]8O[C@H](C(=O)O)[C@@H](O)[C@H](O[C@@H]9OC[C@@H](O)[C@H](O)[C@H]9O)[C@H]8O[C@@H]8O[C@H](CO)[C@H](O)[C@H](O)[C@H]8O)[C@@](C)(C=O)[C@@H]7CC[C@@]6(C)[C@]4(C)CC5)O[C@H](C)[C@H](OC(C)=O)[C@@H]3O)O[C@@H](C)[C@@H]2O[C@@H]2OC[C@@H](O)[C@H](O)[C@H]2O)[C@H](O)[C@@H](O)[C@@H]1O. The van der Waals surface area contributed by atoms with E-state index in [-0.39, 0.29) is 24.2 Å². The lowest BCUT2D eigenvalue weighted by molar-refractivity contribution is -0.394. The summed E-state index contributed by atoms with van der Waals surface area (Å²) >= 11 is 0. The molecule has 4 saturated carbocycles. The van der Waals surface area contributed by atoms with Crippen molar-refractivity contribution in [2.75, 3.05) is 26.4 Å². The number of hydrogen-bond acceptors (Lipinski definition) is 37. The minimum atomic E-state index is -2.22. The number of aliphatic hydroxyl groups excluding tert-OH is 16. The Kier molecular flexibility index (Phi) is 26.1. The first-order valence-corrected chi connectivity index (χ1v) is 38.7. The molecular weight excluding hydrogens is 1500 g/mol. The van der Waals surface area contributed by atoms with Gasteiger partial charge in [-0.15, -0.1) is 0 Å². The van der Waals surface area contributed by atoms with Crippen LogP contribution in [0.5, 0.6) is 0 Å². The van der Waals surface area contributed by atoms with Crippen LogP contribution in [0.4, 0.5) is 0 Å². The first kappa shape index (κ1) is 87.4. The van der Waals surface area contributed by atoms with Crippen LogP contribution < -0.4 is 0 Å². The number of carboxylic acid groups (broad SMARTS) is 1. The summed E-state index contributed by atoms with van der Waals surface area (Å²) in [6.45, 7) is 14.9. The fourth-order valence-corrected chi connectivity index (χ4v) is 20.7. The van der Waals surface area contributed by atoms with Crippen molar-refractivity contribution in [2.45, 2.75) is 342 Å². The van der Waals surface area contributed by atoms with Crippen LogP contribution in [0.3, 0.4) is 0 Å². The van der Waals surface area contributed by atoms with E-state index in [2.05, 4.69) is 40.7 Å². The van der Waals surface area contributed by atoms with E-state index in [9.17, 15) is 106 Å². The number of esters is 3. The van der Waals surface area contributed by atoms with Crippen LogP contribution in [0.15, 0.2) is 11.6 Å². The molecule has 7 saturated heterocycles. The van der Waals surface area contributed by atoms with Crippen molar-refractivity contribution < 1.29 is 187 Å². The Morgan fingerprint density at radius 1 is 0.491 bits per heavy atom. The second kappa shape index (κ2) is 33.4. The zero-order valence-corrected chi connectivity index (χ0v) is 64.1. The van der Waals surface area contributed by atoms with Gasteiger partial charge in [-0.25, -0.2) is 4.79 Å². The van der Waals surface area contributed by atoms with Gasteiger partial charge in [0.1, 0.15) is 141 Å². The fourth-order valence-electron chi connectivity index (χ4n) is 20.7. The van der Waals surface area contributed by atoms with Crippen LogP contribution in [-0.2, 0) is 99.8 Å². The zero-order valence-electron chi connectivity index (χ0n) is 64.1. The van der Waals surface area contributed by atoms with E-state index in [0.29, 0.717) is 51.4 Å². The van der Waals surface area contributed by atoms with Crippen molar-refractivity contribution in [2.24, 2.45) is 50.2 Å². The lowest BCUT2D eigenvalue weighted by Crippen LogP contribution is -2.69. The molecule has 0 aromatic heterocycles. The Hall–Kier alpha value is -3.87. The smallest absolute Gasteiger partial charge is 0.335 e. The lowest BCUT2D eigenvalue weighted by Gasteiger charge is -2.71. The van der Waals surface area contributed by atoms with E-state index < -0.39 is 298 Å². The predicted molar refractivity (Wildman–Crippen MR) is 366 cm³/mol. The van der Waals surface area contributed by atoms with E-state index in [1.54, 1.807) is 6.92 Å². The Balaban J connectivity index is 0.819. The summed E-state index contributed by atoms with van der Waals surface area (Å²) in [6.07, 6.45) is -54.9. The number of ether oxygens (including phenoxy) is 16. The van der Waals surface area contributed by atoms with E-state index in [1.807, 2.05) is 0 Å². The highest BCUT2D eigenvalue weighted by molar-refractivity contribution is 5.79. The van der Waals surface area contributed by atoms with Gasteiger partial charge in [0, 0.05) is 13.8 Å². The van der Waals surface area contributed by atoms with Crippen molar-refractivity contribution in [1.29, 1.82) is 0 Å². The molecule has 0 bridgehead atoms. The first-order chi connectivity index (χ1) is 52.5. The number of fused-ring (bicyclic) bond motifs is 7. The highest BCUT2D eigenvalue weighted by Gasteiger charge is 2.72. The highest BCUT2D eigenvalue weighted by atomic mass is 16.8. The van der Waals surface area contributed by atoms with Crippen LogP contribution in [0.2, 0.25) is 0 Å². The molecule has 7 aliphatic heterocycles. The summed E-state index contributed by atoms with van der Waals surface area (Å²) in [5.41, 5.74) is -3.82. The number of hydrogen-bond donors (Lipinski definition) is 17. The number of aliphatic hydroxyl groups is 16. The standard InChI is InChI=1S/C74H114O38/c1-27-53(102-30(4)78)50(91)58(110-65-52(93)56(54(28(2)100-65)106-61-46(87)40(81)33(79)23-98-61)108-64-49(90)45(86)43(84)36(104-64)25-97-29(3)77)66(101-27)112-68(96)74-19-17-69(5,6)21-32(74)31-11-12-38-70(7)15-14-39(71(8,26-76)37(70)13-16-73(38,10)72(31,9)18-20-74)105-67-59(111-63-48(89)44(85)42(83)35(22-75)103-63)55(51(92)57(109-67)60(94)95)107-62-47(88)41(82)34(80)24-99-62/h11,26-28,32-59,61-67,75,79-93H,12-25H2,1-10H3,(H,94,95)/t27-,28+,32+,33-,34-,35-,36-,37-,38-,39+,40+,41+,42+,43-,44+,45+,46-,47-,48-,49-,50+,51+,52-,53+,54+,55+,56+,57+,58-,59-,61+,62+,63+,64+,65+,66+,67-,70+,71+,72-,73-,74+/m1/s1. The van der Waals surface area contributed by atoms with Crippen molar-refractivity contribution in [1.82, 2.24) is 0 Å². The molecule has 38 nitrogen and oxygen atoms in total. The molecule has 5 aliphatic carbocycles. The second-order valence-corrected chi connectivity index (χ2v) is 34.7. The quantitative estimate of drug-likeness (QED) is 0.0179. The number of aldehydes is 1. The van der Waals surface area contributed by atoms with Crippen LogP contribution >= 0.6 is 0 Å². The highest BCUT2D eigenvalue weighted by Crippen LogP contribution is 2.76. The molecule has 38 heteroatoms. The minimum absolute atomic E-state index is 0.119. The topological polar surface area (TPSA) is 577 Å². The van der Waals surface area contributed by atoms with Crippen LogP contribution in [0.25, 0.3) is 0 Å². The third-order valence-electron chi connectivity index (χ3n) is 27.4. The third kappa shape index (κ3) is 15.7. The number of rotatable bonds is 20. The summed E-state index contributed by atoms with van der Waals surface area (Å²) in [6, 6.07) is 0. The van der Waals surface area contributed by atoms with Crippen LogP contribution in [-0.4, -0.2) is 352 Å². The molecule has 0 spiro atoms. The molecular formula is C74H114O38. The van der Waals surface area contributed by atoms with Gasteiger partial charge in [-0.1, -0.05) is 53.2 Å². The lowest BCUT2D eigenvalue weighted by atomic mass is 9.33. The number of carbonyl (C=O) groups excluding carboxylic acids is 4. The third-order valence-corrected chi connectivity index (χ3v) is 27.4. The Morgan fingerprint density at radius 2 is 1.02 bits per heavy atom. The van der Waals surface area contributed by atoms with Gasteiger partial charge in [-0.2, -0.15) is 0 Å². The molecule has 12 aliphatic rings.